The molecular weight excluding hydrogens is 268 g/mol. The van der Waals surface area contributed by atoms with Crippen LogP contribution in [0.4, 0.5) is 4.79 Å². The van der Waals surface area contributed by atoms with Crippen LogP contribution in [0.1, 0.15) is 36.5 Å². The number of rotatable bonds is 4. The van der Waals surface area contributed by atoms with Gasteiger partial charge in [0, 0.05) is 43.6 Å². The molecule has 0 saturated carbocycles. The van der Waals surface area contributed by atoms with Crippen molar-refractivity contribution >= 4 is 11.9 Å². The number of piperidine rings is 1. The zero-order chi connectivity index (χ0) is 15.1. The molecule has 3 amide bonds. The highest BCUT2D eigenvalue weighted by Crippen LogP contribution is 2.13. The second-order valence-corrected chi connectivity index (χ2v) is 5.20. The molecule has 0 atom stereocenters. The number of carbonyl (C=O) groups excluding carboxylic acids is 2. The summed E-state index contributed by atoms with van der Waals surface area (Å²) in [7, 11) is 0. The molecule has 1 saturated heterocycles. The van der Waals surface area contributed by atoms with Crippen molar-refractivity contribution in [3.8, 4) is 0 Å². The van der Waals surface area contributed by atoms with Gasteiger partial charge in [0.25, 0.3) is 5.91 Å². The average Bonchev–Trinajstić information content (AvgIpc) is 2.54. The van der Waals surface area contributed by atoms with E-state index in [4.69, 9.17) is 0 Å². The Labute approximate surface area is 124 Å². The third kappa shape index (κ3) is 4.44. The first kappa shape index (κ1) is 15.3. The van der Waals surface area contributed by atoms with Crippen LogP contribution in [0.25, 0.3) is 0 Å². The molecule has 0 aliphatic carbocycles. The van der Waals surface area contributed by atoms with E-state index in [1.165, 1.54) is 0 Å². The highest BCUT2D eigenvalue weighted by atomic mass is 16.2. The van der Waals surface area contributed by atoms with Gasteiger partial charge in [0.15, 0.2) is 0 Å². The summed E-state index contributed by atoms with van der Waals surface area (Å²) in [6.07, 6.45) is 5.75. The number of hydrogen-bond donors (Lipinski definition) is 2. The standard InChI is InChI=1S/C15H22N4O2/c1-2-7-17-15(21)18-13-5-10-19(11-6-13)14(20)12-3-8-16-9-4-12/h3-4,8-9,13H,2,5-7,10-11H2,1H3,(H2,17,18,21). The third-order valence-electron chi connectivity index (χ3n) is 3.58. The zero-order valence-electron chi connectivity index (χ0n) is 12.3. The summed E-state index contributed by atoms with van der Waals surface area (Å²) in [5.41, 5.74) is 0.664. The van der Waals surface area contributed by atoms with Crippen molar-refractivity contribution in [1.29, 1.82) is 0 Å². The minimum atomic E-state index is -0.115. The zero-order valence-corrected chi connectivity index (χ0v) is 12.3. The molecule has 1 aliphatic rings. The molecule has 2 N–H and O–H groups in total. The number of nitrogens with one attached hydrogen (secondary N) is 2. The van der Waals surface area contributed by atoms with Gasteiger partial charge in [-0.2, -0.15) is 0 Å². The van der Waals surface area contributed by atoms with E-state index in [0.29, 0.717) is 25.2 Å². The molecule has 0 radical (unpaired) electrons. The number of carbonyl (C=O) groups is 2. The lowest BCUT2D eigenvalue weighted by Gasteiger charge is -2.32. The Morgan fingerprint density at radius 3 is 2.57 bits per heavy atom. The van der Waals surface area contributed by atoms with E-state index in [-0.39, 0.29) is 18.0 Å². The minimum absolute atomic E-state index is 0.0336. The van der Waals surface area contributed by atoms with Crippen molar-refractivity contribution in [2.24, 2.45) is 0 Å². The number of pyridine rings is 1. The van der Waals surface area contributed by atoms with Crippen LogP contribution in [0.5, 0.6) is 0 Å². The van der Waals surface area contributed by atoms with Gasteiger partial charge >= 0.3 is 6.03 Å². The molecule has 0 spiro atoms. The summed E-state index contributed by atoms with van der Waals surface area (Å²) in [4.78, 5) is 29.6. The molecule has 1 aromatic heterocycles. The molecule has 6 heteroatoms. The van der Waals surface area contributed by atoms with Gasteiger partial charge in [0.05, 0.1) is 0 Å². The summed E-state index contributed by atoms with van der Waals surface area (Å²) >= 11 is 0. The van der Waals surface area contributed by atoms with E-state index in [2.05, 4.69) is 15.6 Å². The number of aromatic nitrogens is 1. The lowest BCUT2D eigenvalue weighted by Crippen LogP contribution is -2.49. The highest BCUT2D eigenvalue weighted by Gasteiger charge is 2.24. The van der Waals surface area contributed by atoms with Crippen LogP contribution in [-0.2, 0) is 0 Å². The van der Waals surface area contributed by atoms with E-state index in [9.17, 15) is 9.59 Å². The molecule has 1 aromatic rings. The van der Waals surface area contributed by atoms with Crippen LogP contribution in [0.15, 0.2) is 24.5 Å². The van der Waals surface area contributed by atoms with Crippen LogP contribution >= 0.6 is 0 Å². The predicted molar refractivity (Wildman–Crippen MR) is 80.0 cm³/mol. The van der Waals surface area contributed by atoms with Gasteiger partial charge in [-0.3, -0.25) is 9.78 Å². The van der Waals surface area contributed by atoms with E-state index in [1.54, 1.807) is 24.5 Å². The van der Waals surface area contributed by atoms with E-state index in [0.717, 1.165) is 19.3 Å². The Morgan fingerprint density at radius 1 is 1.29 bits per heavy atom. The lowest BCUT2D eigenvalue weighted by molar-refractivity contribution is 0.0708. The molecular formula is C15H22N4O2. The maximum atomic E-state index is 12.3. The molecule has 6 nitrogen and oxygen atoms in total. The number of hydrogen-bond acceptors (Lipinski definition) is 3. The van der Waals surface area contributed by atoms with Gasteiger partial charge in [0.1, 0.15) is 0 Å². The fourth-order valence-electron chi connectivity index (χ4n) is 2.38. The second-order valence-electron chi connectivity index (χ2n) is 5.20. The highest BCUT2D eigenvalue weighted by molar-refractivity contribution is 5.94. The molecule has 2 rings (SSSR count). The van der Waals surface area contributed by atoms with Crippen molar-refractivity contribution in [3.63, 3.8) is 0 Å². The molecule has 0 aromatic carbocycles. The van der Waals surface area contributed by atoms with Crippen molar-refractivity contribution in [2.75, 3.05) is 19.6 Å². The molecule has 0 bridgehead atoms. The Morgan fingerprint density at radius 2 is 1.95 bits per heavy atom. The molecule has 0 unspecified atom stereocenters. The smallest absolute Gasteiger partial charge is 0.315 e. The molecule has 1 fully saturated rings. The van der Waals surface area contributed by atoms with Crippen molar-refractivity contribution in [1.82, 2.24) is 20.5 Å². The first-order chi connectivity index (χ1) is 10.2. The second kappa shape index (κ2) is 7.61. The van der Waals surface area contributed by atoms with Gasteiger partial charge in [0.2, 0.25) is 0 Å². The van der Waals surface area contributed by atoms with Gasteiger partial charge in [-0.1, -0.05) is 6.92 Å². The van der Waals surface area contributed by atoms with Gasteiger partial charge in [-0.05, 0) is 31.4 Å². The third-order valence-corrected chi connectivity index (χ3v) is 3.58. The van der Waals surface area contributed by atoms with Crippen LogP contribution in [-0.4, -0.2) is 47.5 Å². The summed E-state index contributed by atoms with van der Waals surface area (Å²) in [6.45, 7) is 4.04. The Balaban J connectivity index is 1.78. The van der Waals surface area contributed by atoms with Crippen molar-refractivity contribution in [3.05, 3.63) is 30.1 Å². The first-order valence-corrected chi connectivity index (χ1v) is 7.44. The normalized spacial score (nSPS) is 15.6. The largest absolute Gasteiger partial charge is 0.338 e. The van der Waals surface area contributed by atoms with Crippen LogP contribution < -0.4 is 10.6 Å². The van der Waals surface area contributed by atoms with Crippen LogP contribution in [0, 0.1) is 0 Å². The minimum Gasteiger partial charge on any atom is -0.338 e. The summed E-state index contributed by atoms with van der Waals surface area (Å²) in [5.74, 6) is 0.0336. The quantitative estimate of drug-likeness (QED) is 0.880. The Hall–Kier alpha value is -2.11. The molecule has 1 aliphatic heterocycles. The topological polar surface area (TPSA) is 74.3 Å². The number of urea groups is 1. The summed E-state index contributed by atoms with van der Waals surface area (Å²) < 4.78 is 0. The molecule has 21 heavy (non-hydrogen) atoms. The molecule has 2 heterocycles. The van der Waals surface area contributed by atoms with Crippen molar-refractivity contribution < 1.29 is 9.59 Å². The van der Waals surface area contributed by atoms with Gasteiger partial charge < -0.3 is 15.5 Å². The number of nitrogens with zero attached hydrogens (tertiary/aromatic N) is 2. The Bertz CT molecular complexity index is 470. The van der Waals surface area contributed by atoms with E-state index >= 15 is 0 Å². The maximum Gasteiger partial charge on any atom is 0.315 e. The summed E-state index contributed by atoms with van der Waals surface area (Å²) in [5, 5.41) is 5.76. The fraction of sp³-hybridized carbons (Fsp3) is 0.533. The van der Waals surface area contributed by atoms with Crippen LogP contribution in [0.2, 0.25) is 0 Å². The Kier molecular flexibility index (Phi) is 5.54. The SMILES string of the molecule is CCCNC(=O)NC1CCN(C(=O)c2ccncc2)CC1. The predicted octanol–water partition coefficient (Wildman–Crippen LogP) is 1.40. The lowest BCUT2D eigenvalue weighted by atomic mass is 10.0. The van der Waals surface area contributed by atoms with E-state index in [1.807, 2.05) is 11.8 Å². The number of likely N-dealkylation sites (tertiary alicyclic amines) is 1. The van der Waals surface area contributed by atoms with Gasteiger partial charge in [-0.25, -0.2) is 4.79 Å². The molecule has 114 valence electrons. The average molecular weight is 290 g/mol. The monoisotopic (exact) mass is 290 g/mol. The first-order valence-electron chi connectivity index (χ1n) is 7.44. The van der Waals surface area contributed by atoms with Crippen LogP contribution in [0.3, 0.4) is 0 Å². The number of amides is 3. The van der Waals surface area contributed by atoms with E-state index < -0.39 is 0 Å². The summed E-state index contributed by atoms with van der Waals surface area (Å²) in [6, 6.07) is 3.48. The van der Waals surface area contributed by atoms with Crippen molar-refractivity contribution in [2.45, 2.75) is 32.2 Å². The fourth-order valence-corrected chi connectivity index (χ4v) is 2.38. The maximum absolute atomic E-state index is 12.3. The van der Waals surface area contributed by atoms with Gasteiger partial charge in [-0.15, -0.1) is 0 Å².